The predicted octanol–water partition coefficient (Wildman–Crippen LogP) is 8.31. The van der Waals surface area contributed by atoms with Crippen molar-refractivity contribution in [3.8, 4) is 17.0 Å². The molecule has 0 spiro atoms. The molecule has 0 unspecified atom stereocenters. The number of nitrogens with one attached hydrogen (secondary N) is 2. The Bertz CT molecular complexity index is 1590. The second-order valence-corrected chi connectivity index (χ2v) is 10.6. The van der Waals surface area contributed by atoms with E-state index in [2.05, 4.69) is 36.8 Å². The number of anilines is 2. The number of aromatic nitrogens is 1. The smallest absolute Gasteiger partial charge is 0.271 e. The number of carbonyl (C=O) groups excluding carboxylic acids is 1. The molecule has 4 aromatic carbocycles. The van der Waals surface area contributed by atoms with Crippen LogP contribution in [-0.2, 0) is 6.61 Å². The van der Waals surface area contributed by atoms with Crippen molar-refractivity contribution in [3.05, 3.63) is 129 Å². The first-order valence-electron chi connectivity index (χ1n) is 11.9. The molecule has 0 radical (unpaired) electrons. The Labute approximate surface area is 243 Å². The van der Waals surface area contributed by atoms with E-state index in [0.717, 1.165) is 37.7 Å². The zero-order valence-corrected chi connectivity index (χ0v) is 23.6. The van der Waals surface area contributed by atoms with Crippen LogP contribution in [0.5, 0.6) is 5.75 Å². The van der Waals surface area contributed by atoms with E-state index in [0.29, 0.717) is 22.9 Å². The van der Waals surface area contributed by atoms with E-state index >= 15 is 0 Å². The van der Waals surface area contributed by atoms with Gasteiger partial charge in [-0.2, -0.15) is 5.10 Å². The van der Waals surface area contributed by atoms with Crippen LogP contribution in [0.1, 0.15) is 21.5 Å². The van der Waals surface area contributed by atoms with Gasteiger partial charge in [0.15, 0.2) is 5.13 Å². The number of amides is 1. The lowest BCUT2D eigenvalue weighted by molar-refractivity contribution is 0.0955. The van der Waals surface area contributed by atoms with Gasteiger partial charge in [-0.15, -0.1) is 11.3 Å². The quantitative estimate of drug-likeness (QED) is 0.129. The summed E-state index contributed by atoms with van der Waals surface area (Å²) in [5, 5.41) is 10.8. The number of nitrogens with zero attached hydrogens (tertiary/aromatic N) is 2. The standard InChI is InChI=1S/C30H22BrClN4O2S/c31-24-10-15-28(38-18-20-4-2-1-3-5-20)23(16-24)17-33-36-29(37)22-8-6-21(7-9-22)27-19-39-30(35-27)34-26-13-11-25(32)12-14-26/h1-17,19H,18H2,(H,34,35)(H,36,37)/b33-17-. The van der Waals surface area contributed by atoms with Crippen molar-refractivity contribution in [2.24, 2.45) is 5.10 Å². The van der Waals surface area contributed by atoms with E-state index in [-0.39, 0.29) is 5.91 Å². The van der Waals surface area contributed by atoms with Crippen LogP contribution in [0.3, 0.4) is 0 Å². The average molecular weight is 618 g/mol. The number of benzene rings is 4. The molecule has 194 valence electrons. The summed E-state index contributed by atoms with van der Waals surface area (Å²) < 4.78 is 6.86. The molecule has 0 fully saturated rings. The highest BCUT2D eigenvalue weighted by molar-refractivity contribution is 9.10. The van der Waals surface area contributed by atoms with Gasteiger partial charge in [0.2, 0.25) is 0 Å². The first kappa shape index (κ1) is 26.6. The molecule has 2 N–H and O–H groups in total. The monoisotopic (exact) mass is 616 g/mol. The van der Waals surface area contributed by atoms with Crippen LogP contribution < -0.4 is 15.5 Å². The second-order valence-electron chi connectivity index (χ2n) is 8.40. The topological polar surface area (TPSA) is 75.6 Å². The van der Waals surface area contributed by atoms with Gasteiger partial charge in [0.25, 0.3) is 5.91 Å². The molecule has 39 heavy (non-hydrogen) atoms. The molecule has 0 aliphatic rings. The van der Waals surface area contributed by atoms with Crippen LogP contribution in [0.15, 0.2) is 112 Å². The summed E-state index contributed by atoms with van der Waals surface area (Å²) in [5.74, 6) is 0.348. The SMILES string of the molecule is O=C(N/N=C\c1cc(Br)ccc1OCc1ccccc1)c1ccc(-c2csc(Nc3ccc(Cl)cc3)n2)cc1. The predicted molar refractivity (Wildman–Crippen MR) is 162 cm³/mol. The van der Waals surface area contributed by atoms with Gasteiger partial charge in [-0.3, -0.25) is 4.79 Å². The molecule has 0 bridgehead atoms. The van der Waals surface area contributed by atoms with Crippen LogP contribution in [0.25, 0.3) is 11.3 Å². The largest absolute Gasteiger partial charge is 0.488 e. The summed E-state index contributed by atoms with van der Waals surface area (Å²) >= 11 is 10.9. The van der Waals surface area contributed by atoms with Gasteiger partial charge in [0.1, 0.15) is 12.4 Å². The minimum Gasteiger partial charge on any atom is -0.488 e. The molecule has 0 saturated heterocycles. The van der Waals surface area contributed by atoms with E-state index in [9.17, 15) is 4.79 Å². The molecule has 0 aliphatic heterocycles. The number of rotatable bonds is 9. The molecule has 1 heterocycles. The van der Waals surface area contributed by atoms with Crippen LogP contribution >= 0.6 is 38.9 Å². The third kappa shape index (κ3) is 7.32. The summed E-state index contributed by atoms with van der Waals surface area (Å²) in [6, 6.07) is 30.2. The average Bonchev–Trinajstić information content (AvgIpc) is 3.43. The molecule has 9 heteroatoms. The summed E-state index contributed by atoms with van der Waals surface area (Å²) in [4.78, 5) is 17.3. The normalized spacial score (nSPS) is 10.9. The number of ether oxygens (including phenoxy) is 1. The minimum atomic E-state index is -0.317. The van der Waals surface area contributed by atoms with Crippen molar-refractivity contribution in [3.63, 3.8) is 0 Å². The lowest BCUT2D eigenvalue weighted by Gasteiger charge is -2.09. The zero-order valence-electron chi connectivity index (χ0n) is 20.5. The third-order valence-electron chi connectivity index (χ3n) is 5.62. The Morgan fingerprint density at radius 1 is 1.00 bits per heavy atom. The maximum atomic E-state index is 12.7. The van der Waals surface area contributed by atoms with Crippen molar-refractivity contribution in [2.75, 3.05) is 5.32 Å². The Hall–Kier alpha value is -3.98. The number of thiazole rings is 1. The van der Waals surface area contributed by atoms with Crippen LogP contribution in [0.4, 0.5) is 10.8 Å². The van der Waals surface area contributed by atoms with Crippen molar-refractivity contribution >= 4 is 61.8 Å². The third-order valence-corrected chi connectivity index (χ3v) is 7.12. The summed E-state index contributed by atoms with van der Waals surface area (Å²) in [6.07, 6.45) is 1.57. The van der Waals surface area contributed by atoms with Crippen molar-refractivity contribution in [2.45, 2.75) is 6.61 Å². The van der Waals surface area contributed by atoms with Gasteiger partial charge < -0.3 is 10.1 Å². The highest BCUT2D eigenvalue weighted by Crippen LogP contribution is 2.28. The highest BCUT2D eigenvalue weighted by Gasteiger charge is 2.09. The van der Waals surface area contributed by atoms with Gasteiger partial charge >= 0.3 is 0 Å². The van der Waals surface area contributed by atoms with Gasteiger partial charge in [0, 0.05) is 37.3 Å². The Kier molecular flexibility index (Phi) is 8.68. The van der Waals surface area contributed by atoms with Crippen molar-refractivity contribution in [1.82, 2.24) is 10.4 Å². The fraction of sp³-hybridized carbons (Fsp3) is 0.0333. The van der Waals surface area contributed by atoms with Gasteiger partial charge in [0.05, 0.1) is 11.9 Å². The lowest BCUT2D eigenvalue weighted by Crippen LogP contribution is -2.17. The molecule has 1 aromatic heterocycles. The van der Waals surface area contributed by atoms with E-state index < -0.39 is 0 Å². The fourth-order valence-corrected chi connectivity index (χ4v) is 4.87. The van der Waals surface area contributed by atoms with E-state index in [1.165, 1.54) is 11.3 Å². The number of halogens is 2. The Balaban J connectivity index is 1.19. The van der Waals surface area contributed by atoms with Gasteiger partial charge in [-0.05, 0) is 60.2 Å². The van der Waals surface area contributed by atoms with Crippen LogP contribution in [-0.4, -0.2) is 17.1 Å². The van der Waals surface area contributed by atoms with E-state index in [4.69, 9.17) is 16.3 Å². The van der Waals surface area contributed by atoms with Crippen LogP contribution in [0.2, 0.25) is 5.02 Å². The highest BCUT2D eigenvalue weighted by atomic mass is 79.9. The van der Waals surface area contributed by atoms with E-state index in [1.54, 1.807) is 18.3 Å². The van der Waals surface area contributed by atoms with Crippen LogP contribution in [0, 0.1) is 0 Å². The number of hydrogen-bond donors (Lipinski definition) is 2. The molecule has 5 rings (SSSR count). The molecular weight excluding hydrogens is 596 g/mol. The van der Waals surface area contributed by atoms with Crippen molar-refractivity contribution < 1.29 is 9.53 Å². The number of hydrazone groups is 1. The van der Waals surface area contributed by atoms with Gasteiger partial charge in [-0.25, -0.2) is 10.4 Å². The van der Waals surface area contributed by atoms with Crippen molar-refractivity contribution in [1.29, 1.82) is 0 Å². The minimum absolute atomic E-state index is 0.317. The molecule has 0 saturated carbocycles. The molecule has 6 nitrogen and oxygen atoms in total. The zero-order chi connectivity index (χ0) is 27.0. The lowest BCUT2D eigenvalue weighted by atomic mass is 10.1. The maximum Gasteiger partial charge on any atom is 0.271 e. The fourth-order valence-electron chi connectivity index (χ4n) is 3.62. The number of carbonyl (C=O) groups is 1. The summed E-state index contributed by atoms with van der Waals surface area (Å²) in [5.41, 5.74) is 7.51. The molecule has 0 atom stereocenters. The first-order chi connectivity index (χ1) is 19.0. The summed E-state index contributed by atoms with van der Waals surface area (Å²) in [7, 11) is 0. The molecule has 0 aliphatic carbocycles. The van der Waals surface area contributed by atoms with Gasteiger partial charge in [-0.1, -0.05) is 70.0 Å². The first-order valence-corrected chi connectivity index (χ1v) is 14.0. The Morgan fingerprint density at radius 3 is 2.54 bits per heavy atom. The van der Waals surface area contributed by atoms with E-state index in [1.807, 2.05) is 90.3 Å². The second kappa shape index (κ2) is 12.7. The molecule has 5 aromatic rings. The Morgan fingerprint density at radius 2 is 1.77 bits per heavy atom. The summed E-state index contributed by atoms with van der Waals surface area (Å²) in [6.45, 7) is 0.430. The number of hydrogen-bond acceptors (Lipinski definition) is 6. The molecular formula is C30H22BrClN4O2S. The molecule has 1 amide bonds. The maximum absolute atomic E-state index is 12.7.